The normalized spacial score (nSPS) is 10.3. The fourth-order valence-corrected chi connectivity index (χ4v) is 1.89. The van der Waals surface area contributed by atoms with Gasteiger partial charge in [0.2, 0.25) is 5.88 Å². The summed E-state index contributed by atoms with van der Waals surface area (Å²) in [5.41, 5.74) is 1.57. The van der Waals surface area contributed by atoms with E-state index in [0.717, 1.165) is 11.3 Å². The summed E-state index contributed by atoms with van der Waals surface area (Å²) in [4.78, 5) is 23.4. The summed E-state index contributed by atoms with van der Waals surface area (Å²) in [6, 6.07) is 8.92. The molecule has 19 heavy (non-hydrogen) atoms. The maximum Gasteiger partial charge on any atom is 0.212 e. The average Bonchev–Trinajstić information content (AvgIpc) is 2.26. The molecule has 2 rings (SSSR count). The van der Waals surface area contributed by atoms with Crippen molar-refractivity contribution in [1.29, 1.82) is 0 Å². The van der Waals surface area contributed by atoms with Crippen LogP contribution in [0, 0.1) is 13.8 Å². The quantitative estimate of drug-likeness (QED) is 0.858. The number of hydrogen-bond acceptors (Lipinski definition) is 4. The highest BCUT2D eigenvalue weighted by molar-refractivity contribution is 5.98. The minimum atomic E-state index is -0.327. The van der Waals surface area contributed by atoms with Gasteiger partial charge in [-0.1, -0.05) is 12.1 Å². The summed E-state index contributed by atoms with van der Waals surface area (Å²) in [7, 11) is 0. The van der Waals surface area contributed by atoms with Crippen molar-refractivity contribution in [2.45, 2.75) is 20.8 Å². The summed E-state index contributed by atoms with van der Waals surface area (Å²) in [5.74, 6) is 0.345. The molecule has 0 saturated carbocycles. The summed E-state index contributed by atoms with van der Waals surface area (Å²) in [5, 5.41) is 2.99. The Morgan fingerprint density at radius 2 is 1.95 bits per heavy atom. The van der Waals surface area contributed by atoms with Gasteiger partial charge < -0.3 is 9.73 Å². The summed E-state index contributed by atoms with van der Waals surface area (Å²) in [6.45, 7) is 4.99. The van der Waals surface area contributed by atoms with Gasteiger partial charge in [0, 0.05) is 11.8 Å². The number of Topliss-reactive ketones (excluding diaryl/α,β-unsaturated/α-hetero) is 1. The fraction of sp³-hybridized carbons (Fsp3) is 0.200. The molecule has 2 aromatic rings. The van der Waals surface area contributed by atoms with E-state index in [1.165, 1.54) is 13.0 Å². The highest BCUT2D eigenvalue weighted by atomic mass is 16.4. The molecule has 4 nitrogen and oxygen atoms in total. The molecule has 0 saturated heterocycles. The second kappa shape index (κ2) is 5.10. The maximum absolute atomic E-state index is 11.8. The smallest absolute Gasteiger partial charge is 0.212 e. The van der Waals surface area contributed by atoms with Gasteiger partial charge in [-0.25, -0.2) is 0 Å². The van der Waals surface area contributed by atoms with Gasteiger partial charge in [-0.05, 0) is 38.5 Å². The number of nitrogens with one attached hydrogen (secondary N) is 1. The molecule has 1 N–H and O–H groups in total. The van der Waals surface area contributed by atoms with Crippen molar-refractivity contribution in [2.75, 3.05) is 5.32 Å². The summed E-state index contributed by atoms with van der Waals surface area (Å²) >= 11 is 0. The summed E-state index contributed by atoms with van der Waals surface area (Å²) in [6.07, 6.45) is 0. The van der Waals surface area contributed by atoms with Crippen LogP contribution in [0.3, 0.4) is 0 Å². The van der Waals surface area contributed by atoms with Gasteiger partial charge in [-0.3, -0.25) is 9.59 Å². The van der Waals surface area contributed by atoms with Crippen LogP contribution in [-0.2, 0) is 0 Å². The predicted octanol–water partition coefficient (Wildman–Crippen LogP) is 3.20. The number of benzene rings is 1. The number of aryl methyl sites for hydroxylation is 2. The Morgan fingerprint density at radius 3 is 2.58 bits per heavy atom. The molecule has 0 aliphatic carbocycles. The lowest BCUT2D eigenvalue weighted by molar-refractivity contribution is 0.101. The van der Waals surface area contributed by atoms with Crippen LogP contribution in [0.25, 0.3) is 0 Å². The molecule has 0 radical (unpaired) electrons. The topological polar surface area (TPSA) is 59.3 Å². The summed E-state index contributed by atoms with van der Waals surface area (Å²) < 4.78 is 5.46. The van der Waals surface area contributed by atoms with Crippen LogP contribution in [0.1, 0.15) is 28.6 Å². The van der Waals surface area contributed by atoms with E-state index >= 15 is 0 Å². The Kier molecular flexibility index (Phi) is 3.51. The Bertz CT molecular complexity index is 686. The van der Waals surface area contributed by atoms with Gasteiger partial charge in [0.1, 0.15) is 11.3 Å². The van der Waals surface area contributed by atoms with E-state index in [2.05, 4.69) is 5.32 Å². The molecule has 0 amide bonds. The molecule has 4 heteroatoms. The van der Waals surface area contributed by atoms with Gasteiger partial charge in [0.15, 0.2) is 11.2 Å². The first-order valence-corrected chi connectivity index (χ1v) is 5.97. The molecular formula is C15H15NO3. The number of carbonyl (C=O) groups is 1. The van der Waals surface area contributed by atoms with Gasteiger partial charge in [0.05, 0.1) is 0 Å². The third-order valence-electron chi connectivity index (χ3n) is 2.70. The van der Waals surface area contributed by atoms with Crippen molar-refractivity contribution in [3.8, 4) is 0 Å². The Balaban J connectivity index is 2.50. The van der Waals surface area contributed by atoms with Crippen LogP contribution >= 0.6 is 0 Å². The lowest BCUT2D eigenvalue weighted by Gasteiger charge is -2.09. The average molecular weight is 257 g/mol. The minimum absolute atomic E-state index is 0.0482. The standard InChI is InChI=1S/C15H15NO3/c1-9-5-4-6-12(7-9)16-15-14(11(3)17)13(18)8-10(2)19-15/h4-8,16H,1-3H3. The Morgan fingerprint density at radius 1 is 1.21 bits per heavy atom. The molecule has 1 heterocycles. The van der Waals surface area contributed by atoms with Crippen molar-refractivity contribution in [3.05, 3.63) is 57.4 Å². The maximum atomic E-state index is 11.8. The molecule has 0 bridgehead atoms. The van der Waals surface area contributed by atoms with E-state index in [1.54, 1.807) is 6.92 Å². The second-order valence-electron chi connectivity index (χ2n) is 4.48. The van der Waals surface area contributed by atoms with Crippen LogP contribution in [-0.4, -0.2) is 5.78 Å². The molecule has 0 unspecified atom stereocenters. The number of anilines is 2. The number of rotatable bonds is 3. The third kappa shape index (κ3) is 2.91. The van der Waals surface area contributed by atoms with Gasteiger partial charge >= 0.3 is 0 Å². The molecule has 1 aromatic heterocycles. The van der Waals surface area contributed by atoms with E-state index in [1.807, 2.05) is 31.2 Å². The van der Waals surface area contributed by atoms with Crippen molar-refractivity contribution in [2.24, 2.45) is 0 Å². The molecule has 1 aromatic carbocycles. The molecule has 0 spiro atoms. The monoisotopic (exact) mass is 257 g/mol. The van der Waals surface area contributed by atoms with Gasteiger partial charge in [-0.15, -0.1) is 0 Å². The molecular weight excluding hydrogens is 242 g/mol. The van der Waals surface area contributed by atoms with Crippen molar-refractivity contribution in [3.63, 3.8) is 0 Å². The lowest BCUT2D eigenvalue weighted by Crippen LogP contribution is -2.15. The fourth-order valence-electron chi connectivity index (χ4n) is 1.89. The van der Waals surface area contributed by atoms with E-state index < -0.39 is 0 Å². The highest BCUT2D eigenvalue weighted by Crippen LogP contribution is 2.21. The van der Waals surface area contributed by atoms with Crippen LogP contribution in [0.5, 0.6) is 0 Å². The molecule has 0 aliphatic heterocycles. The number of ketones is 1. The molecule has 0 aliphatic rings. The SMILES string of the molecule is CC(=O)c1c(Nc2cccc(C)c2)oc(C)cc1=O. The first-order valence-electron chi connectivity index (χ1n) is 5.97. The van der Waals surface area contributed by atoms with E-state index in [0.29, 0.717) is 5.76 Å². The zero-order chi connectivity index (χ0) is 14.0. The molecule has 0 atom stereocenters. The largest absolute Gasteiger partial charge is 0.445 e. The predicted molar refractivity (Wildman–Crippen MR) is 74.2 cm³/mol. The van der Waals surface area contributed by atoms with Crippen molar-refractivity contribution < 1.29 is 9.21 Å². The first kappa shape index (κ1) is 13.1. The highest BCUT2D eigenvalue weighted by Gasteiger charge is 2.15. The molecule has 0 fully saturated rings. The van der Waals surface area contributed by atoms with Gasteiger partial charge in [-0.2, -0.15) is 0 Å². The number of carbonyl (C=O) groups excluding carboxylic acids is 1. The van der Waals surface area contributed by atoms with Crippen LogP contribution in [0.2, 0.25) is 0 Å². The Hall–Kier alpha value is -2.36. The molecule has 98 valence electrons. The van der Waals surface area contributed by atoms with E-state index in [9.17, 15) is 9.59 Å². The third-order valence-corrected chi connectivity index (χ3v) is 2.70. The van der Waals surface area contributed by atoms with Crippen LogP contribution < -0.4 is 10.7 Å². The lowest BCUT2D eigenvalue weighted by atomic mass is 10.1. The Labute approximate surface area is 111 Å². The first-order chi connectivity index (χ1) is 8.97. The second-order valence-corrected chi connectivity index (χ2v) is 4.48. The van der Waals surface area contributed by atoms with Gasteiger partial charge in [0.25, 0.3) is 0 Å². The zero-order valence-electron chi connectivity index (χ0n) is 11.1. The van der Waals surface area contributed by atoms with E-state index in [4.69, 9.17) is 4.42 Å². The van der Waals surface area contributed by atoms with Crippen LogP contribution in [0.15, 0.2) is 39.5 Å². The van der Waals surface area contributed by atoms with Crippen LogP contribution in [0.4, 0.5) is 11.6 Å². The zero-order valence-corrected chi connectivity index (χ0v) is 11.1. The number of hydrogen-bond donors (Lipinski definition) is 1. The van der Waals surface area contributed by atoms with Crippen molar-refractivity contribution in [1.82, 2.24) is 0 Å². The van der Waals surface area contributed by atoms with Crippen molar-refractivity contribution >= 4 is 17.4 Å². The van der Waals surface area contributed by atoms with E-state index in [-0.39, 0.29) is 22.7 Å². The minimum Gasteiger partial charge on any atom is -0.445 e.